The first kappa shape index (κ1) is 22.1. The van der Waals surface area contributed by atoms with Gasteiger partial charge in [0.25, 0.3) is 15.9 Å². The Morgan fingerprint density at radius 3 is 2.44 bits per heavy atom. The number of nitrogens with zero attached hydrogens (tertiary/aromatic N) is 2. The summed E-state index contributed by atoms with van der Waals surface area (Å²) in [5.41, 5.74) is 1.73. The lowest BCUT2D eigenvalue weighted by atomic mass is 10.2. The molecule has 0 atom stereocenters. The van der Waals surface area contributed by atoms with Crippen LogP contribution in [0.15, 0.2) is 83.1 Å². The van der Waals surface area contributed by atoms with Crippen LogP contribution in [0.2, 0.25) is 0 Å². The number of carbonyl (C=O) groups excluding carboxylic acids is 1. The number of halogens is 1. The van der Waals surface area contributed by atoms with Gasteiger partial charge in [-0.15, -0.1) is 22.7 Å². The molecule has 5 aromatic rings. The van der Waals surface area contributed by atoms with Crippen molar-refractivity contribution >= 4 is 59.6 Å². The number of carbonyl (C=O) groups is 1. The Morgan fingerprint density at radius 1 is 0.912 bits per heavy atom. The normalized spacial score (nSPS) is 11.4. The summed E-state index contributed by atoms with van der Waals surface area (Å²) in [7, 11) is -4.02. The summed E-state index contributed by atoms with van der Waals surface area (Å²) < 4.78 is 42.0. The molecule has 11 heteroatoms. The van der Waals surface area contributed by atoms with Crippen LogP contribution in [-0.4, -0.2) is 24.3 Å². The fraction of sp³-hybridized carbons (Fsp3) is 0. The van der Waals surface area contributed by atoms with E-state index in [-0.39, 0.29) is 16.1 Å². The second-order valence-electron chi connectivity index (χ2n) is 7.08. The standard InChI is InChI=1S/C23H15FN4O3S3/c24-14-9-11-15(12-10-14)34(30,31)28-17-6-2-1-5-16(17)21(29)27-23-26-19(13-32-23)22-25-18-7-3-4-8-20(18)33-22/h1-13,28H,(H,26,27,29). The van der Waals surface area contributed by atoms with E-state index >= 15 is 0 Å². The molecule has 0 spiro atoms. The van der Waals surface area contributed by atoms with Gasteiger partial charge in [0, 0.05) is 5.38 Å². The molecule has 0 unspecified atom stereocenters. The van der Waals surface area contributed by atoms with Gasteiger partial charge in [0.05, 0.1) is 26.4 Å². The highest BCUT2D eigenvalue weighted by atomic mass is 32.2. The zero-order valence-electron chi connectivity index (χ0n) is 17.2. The fourth-order valence-corrected chi connectivity index (χ4v) is 5.93. The topological polar surface area (TPSA) is 101 Å². The molecule has 170 valence electrons. The molecule has 7 nitrogen and oxygen atoms in total. The Labute approximate surface area is 202 Å². The number of hydrogen-bond acceptors (Lipinski definition) is 7. The summed E-state index contributed by atoms with van der Waals surface area (Å²) in [6.45, 7) is 0. The largest absolute Gasteiger partial charge is 0.298 e. The number of para-hydroxylation sites is 2. The third-order valence-electron chi connectivity index (χ3n) is 4.78. The van der Waals surface area contributed by atoms with Crippen molar-refractivity contribution in [1.82, 2.24) is 9.97 Å². The lowest BCUT2D eigenvalue weighted by molar-refractivity contribution is 0.102. The zero-order valence-corrected chi connectivity index (χ0v) is 19.7. The number of fused-ring (bicyclic) bond motifs is 1. The van der Waals surface area contributed by atoms with Crippen molar-refractivity contribution in [3.8, 4) is 10.7 Å². The molecule has 3 aromatic carbocycles. The minimum Gasteiger partial charge on any atom is -0.298 e. The number of sulfonamides is 1. The van der Waals surface area contributed by atoms with Crippen LogP contribution < -0.4 is 10.0 Å². The smallest absolute Gasteiger partial charge is 0.261 e. The molecule has 0 fully saturated rings. The summed E-state index contributed by atoms with van der Waals surface area (Å²) in [5, 5.41) is 5.62. The van der Waals surface area contributed by atoms with E-state index in [0.717, 1.165) is 39.5 Å². The maximum Gasteiger partial charge on any atom is 0.261 e. The Morgan fingerprint density at radius 2 is 1.65 bits per heavy atom. The lowest BCUT2D eigenvalue weighted by Crippen LogP contribution is -2.18. The number of rotatable bonds is 6. The molecule has 2 aromatic heterocycles. The van der Waals surface area contributed by atoms with E-state index in [4.69, 9.17) is 0 Å². The minimum absolute atomic E-state index is 0.0901. The molecule has 0 saturated carbocycles. The van der Waals surface area contributed by atoms with Crippen molar-refractivity contribution in [3.05, 3.63) is 89.6 Å². The minimum atomic E-state index is -4.02. The van der Waals surface area contributed by atoms with Crippen LogP contribution in [0, 0.1) is 5.82 Å². The van der Waals surface area contributed by atoms with Gasteiger partial charge in [0.1, 0.15) is 16.5 Å². The SMILES string of the molecule is O=C(Nc1nc(-c2nc3ccccc3s2)cs1)c1ccccc1NS(=O)(=O)c1ccc(F)cc1. The van der Waals surface area contributed by atoms with Gasteiger partial charge in [0.15, 0.2) is 5.13 Å². The van der Waals surface area contributed by atoms with Gasteiger partial charge in [-0.25, -0.2) is 22.8 Å². The van der Waals surface area contributed by atoms with E-state index in [1.54, 1.807) is 17.5 Å². The predicted octanol–water partition coefficient (Wildman–Crippen LogP) is 5.61. The highest BCUT2D eigenvalue weighted by Crippen LogP contribution is 2.32. The monoisotopic (exact) mass is 510 g/mol. The van der Waals surface area contributed by atoms with E-state index in [1.807, 2.05) is 24.3 Å². The average Bonchev–Trinajstić information content (AvgIpc) is 3.46. The summed E-state index contributed by atoms with van der Waals surface area (Å²) in [5.74, 6) is -1.07. The molecule has 2 heterocycles. The van der Waals surface area contributed by atoms with Crippen LogP contribution in [0.1, 0.15) is 10.4 Å². The summed E-state index contributed by atoms with van der Waals surface area (Å²) in [4.78, 5) is 21.9. The van der Waals surface area contributed by atoms with Crippen LogP contribution in [0.5, 0.6) is 0 Å². The van der Waals surface area contributed by atoms with Crippen molar-refractivity contribution < 1.29 is 17.6 Å². The van der Waals surface area contributed by atoms with Gasteiger partial charge in [-0.05, 0) is 48.5 Å². The maximum atomic E-state index is 13.2. The fourth-order valence-electron chi connectivity index (χ4n) is 3.16. The Hall–Kier alpha value is -3.67. The van der Waals surface area contributed by atoms with Crippen LogP contribution in [0.3, 0.4) is 0 Å². The molecule has 0 aliphatic carbocycles. The third kappa shape index (κ3) is 4.53. The first-order chi connectivity index (χ1) is 16.4. The molecule has 0 aliphatic rings. The van der Waals surface area contributed by atoms with E-state index in [2.05, 4.69) is 20.0 Å². The highest BCUT2D eigenvalue weighted by molar-refractivity contribution is 7.92. The number of thiazole rings is 2. The van der Waals surface area contributed by atoms with E-state index in [1.165, 1.54) is 34.8 Å². The van der Waals surface area contributed by atoms with Gasteiger partial charge in [-0.3, -0.25) is 14.8 Å². The van der Waals surface area contributed by atoms with Crippen LogP contribution in [-0.2, 0) is 10.0 Å². The van der Waals surface area contributed by atoms with Crippen molar-refractivity contribution in [2.45, 2.75) is 4.90 Å². The number of hydrogen-bond donors (Lipinski definition) is 2. The van der Waals surface area contributed by atoms with E-state index in [0.29, 0.717) is 10.8 Å². The molecular formula is C23H15FN4O3S3. The lowest BCUT2D eigenvalue weighted by Gasteiger charge is -2.12. The molecule has 5 rings (SSSR count). The number of nitrogens with one attached hydrogen (secondary N) is 2. The van der Waals surface area contributed by atoms with Crippen LogP contribution in [0.25, 0.3) is 20.9 Å². The zero-order chi connectivity index (χ0) is 23.7. The van der Waals surface area contributed by atoms with E-state index in [9.17, 15) is 17.6 Å². The second-order valence-corrected chi connectivity index (χ2v) is 10.7. The molecule has 0 radical (unpaired) electrons. The quantitative estimate of drug-likeness (QED) is 0.309. The summed E-state index contributed by atoms with van der Waals surface area (Å²) in [6, 6.07) is 18.4. The van der Waals surface area contributed by atoms with Gasteiger partial charge in [-0.2, -0.15) is 0 Å². The number of aromatic nitrogens is 2. The summed E-state index contributed by atoms with van der Waals surface area (Å²) >= 11 is 2.75. The first-order valence-corrected chi connectivity index (χ1v) is 13.1. The molecule has 0 saturated heterocycles. The molecule has 0 bridgehead atoms. The van der Waals surface area contributed by atoms with Crippen molar-refractivity contribution in [2.24, 2.45) is 0 Å². The van der Waals surface area contributed by atoms with Gasteiger partial charge in [-0.1, -0.05) is 24.3 Å². The number of benzene rings is 3. The molecule has 1 amide bonds. The van der Waals surface area contributed by atoms with Crippen molar-refractivity contribution in [1.29, 1.82) is 0 Å². The van der Waals surface area contributed by atoms with E-state index < -0.39 is 21.7 Å². The van der Waals surface area contributed by atoms with Gasteiger partial charge in [0.2, 0.25) is 0 Å². The van der Waals surface area contributed by atoms with Crippen molar-refractivity contribution in [2.75, 3.05) is 10.0 Å². The van der Waals surface area contributed by atoms with Crippen LogP contribution >= 0.6 is 22.7 Å². The molecule has 2 N–H and O–H groups in total. The summed E-state index contributed by atoms with van der Waals surface area (Å²) in [6.07, 6.45) is 0. The Balaban J connectivity index is 1.36. The first-order valence-electron chi connectivity index (χ1n) is 9.89. The molecular weight excluding hydrogens is 495 g/mol. The second kappa shape index (κ2) is 8.93. The third-order valence-corrected chi connectivity index (χ3v) is 7.98. The van der Waals surface area contributed by atoms with Crippen LogP contribution in [0.4, 0.5) is 15.2 Å². The predicted molar refractivity (Wildman–Crippen MR) is 132 cm³/mol. The highest BCUT2D eigenvalue weighted by Gasteiger charge is 2.20. The van der Waals surface area contributed by atoms with Gasteiger partial charge < -0.3 is 0 Å². The molecule has 34 heavy (non-hydrogen) atoms. The van der Waals surface area contributed by atoms with Crippen molar-refractivity contribution in [3.63, 3.8) is 0 Å². The number of amides is 1. The maximum absolute atomic E-state index is 13.2. The Kier molecular flexibility index (Phi) is 5.82. The average molecular weight is 511 g/mol. The molecule has 0 aliphatic heterocycles. The number of anilines is 2. The van der Waals surface area contributed by atoms with Gasteiger partial charge >= 0.3 is 0 Å². The Bertz CT molecular complexity index is 1580.